The van der Waals surface area contributed by atoms with Crippen LogP contribution < -0.4 is 4.74 Å². The Balaban J connectivity index is 2.34. The van der Waals surface area contributed by atoms with E-state index < -0.39 is 0 Å². The average molecular weight is 302 g/mol. The molecule has 0 saturated heterocycles. The van der Waals surface area contributed by atoms with Gasteiger partial charge in [-0.25, -0.2) is 4.39 Å². The first kappa shape index (κ1) is 13.8. The summed E-state index contributed by atoms with van der Waals surface area (Å²) in [6.45, 7) is 4.25. The van der Waals surface area contributed by atoms with Crippen LogP contribution in [0.1, 0.15) is 12.5 Å². The molecule has 21 heavy (non-hydrogen) atoms. The summed E-state index contributed by atoms with van der Waals surface area (Å²) in [5, 5.41) is 0. The van der Waals surface area contributed by atoms with Crippen LogP contribution in [-0.4, -0.2) is 16.2 Å². The highest BCUT2D eigenvalue weighted by atomic mass is 32.1. The van der Waals surface area contributed by atoms with Crippen molar-refractivity contribution in [3.05, 3.63) is 52.5 Å². The van der Waals surface area contributed by atoms with Crippen molar-refractivity contribution in [1.82, 2.24) is 9.55 Å². The molecule has 3 aromatic rings. The van der Waals surface area contributed by atoms with Crippen LogP contribution in [0.4, 0.5) is 4.39 Å². The van der Waals surface area contributed by atoms with Crippen molar-refractivity contribution in [3.8, 4) is 11.4 Å². The van der Waals surface area contributed by atoms with Gasteiger partial charge in [0.1, 0.15) is 17.1 Å². The molecule has 108 valence electrons. The van der Waals surface area contributed by atoms with Crippen molar-refractivity contribution in [2.45, 2.75) is 13.8 Å². The maximum absolute atomic E-state index is 13.8. The predicted octanol–water partition coefficient (Wildman–Crippen LogP) is 4.53. The summed E-state index contributed by atoms with van der Waals surface area (Å²) in [4.78, 5) is 3.16. The largest absolute Gasteiger partial charge is 0.492 e. The Bertz CT molecular complexity index is 866. The van der Waals surface area contributed by atoms with Gasteiger partial charge in [0.15, 0.2) is 4.77 Å². The van der Waals surface area contributed by atoms with E-state index in [1.807, 2.05) is 35.8 Å². The lowest BCUT2D eigenvalue weighted by atomic mass is 10.2. The Morgan fingerprint density at radius 3 is 2.76 bits per heavy atom. The standard InChI is InChI=1S/C16H15FN2OS/c1-3-20-14-9-5-8-13-15(14)18-16(21)19(13)12-7-4-6-11(17)10(12)2/h4-9H,3H2,1-2H3,(H,18,21). The van der Waals surface area contributed by atoms with E-state index in [0.717, 1.165) is 22.5 Å². The summed E-state index contributed by atoms with van der Waals surface area (Å²) in [6, 6.07) is 10.7. The molecular weight excluding hydrogens is 287 g/mol. The van der Waals surface area contributed by atoms with Gasteiger partial charge in [0.05, 0.1) is 17.8 Å². The number of hydrogen-bond donors (Lipinski definition) is 1. The maximum atomic E-state index is 13.8. The molecule has 0 fully saturated rings. The van der Waals surface area contributed by atoms with Crippen LogP contribution in [-0.2, 0) is 0 Å². The van der Waals surface area contributed by atoms with E-state index in [2.05, 4.69) is 4.98 Å². The molecular formula is C16H15FN2OS. The topological polar surface area (TPSA) is 29.9 Å². The minimum absolute atomic E-state index is 0.246. The Morgan fingerprint density at radius 1 is 1.24 bits per heavy atom. The first-order chi connectivity index (χ1) is 10.1. The quantitative estimate of drug-likeness (QED) is 0.720. The highest BCUT2D eigenvalue weighted by Crippen LogP contribution is 2.28. The molecule has 0 aliphatic carbocycles. The zero-order chi connectivity index (χ0) is 15.0. The first-order valence-electron chi connectivity index (χ1n) is 6.75. The van der Waals surface area contributed by atoms with Gasteiger partial charge in [-0.1, -0.05) is 12.1 Å². The molecule has 0 aliphatic rings. The Labute approximate surface area is 127 Å². The average Bonchev–Trinajstić information content (AvgIpc) is 2.80. The van der Waals surface area contributed by atoms with Gasteiger partial charge in [-0.2, -0.15) is 0 Å². The fourth-order valence-corrected chi connectivity index (χ4v) is 2.76. The third-order valence-corrected chi connectivity index (χ3v) is 3.74. The van der Waals surface area contributed by atoms with E-state index in [0.29, 0.717) is 16.9 Å². The molecule has 0 bridgehead atoms. The van der Waals surface area contributed by atoms with Gasteiger partial charge in [-0.15, -0.1) is 0 Å². The number of aromatic amines is 1. The van der Waals surface area contributed by atoms with E-state index in [1.165, 1.54) is 6.07 Å². The molecule has 0 unspecified atom stereocenters. The first-order valence-corrected chi connectivity index (χ1v) is 7.16. The van der Waals surface area contributed by atoms with Gasteiger partial charge in [0.2, 0.25) is 0 Å². The summed E-state index contributed by atoms with van der Waals surface area (Å²) < 4.78 is 21.8. The SMILES string of the molecule is CCOc1cccc2c1[nH]c(=S)n2-c1cccc(F)c1C. The fourth-order valence-electron chi connectivity index (χ4n) is 2.46. The van der Waals surface area contributed by atoms with E-state index in [-0.39, 0.29) is 5.82 Å². The molecule has 0 atom stereocenters. The third-order valence-electron chi connectivity index (χ3n) is 3.46. The van der Waals surface area contributed by atoms with Crippen molar-refractivity contribution >= 4 is 23.3 Å². The Kier molecular flexibility index (Phi) is 3.51. The van der Waals surface area contributed by atoms with Crippen LogP contribution in [0, 0.1) is 17.5 Å². The molecule has 0 aliphatic heterocycles. The molecule has 0 saturated carbocycles. The molecule has 0 radical (unpaired) electrons. The molecule has 5 heteroatoms. The van der Waals surface area contributed by atoms with Crippen LogP contribution in [0.25, 0.3) is 16.7 Å². The normalized spacial score (nSPS) is 11.0. The second kappa shape index (κ2) is 5.33. The number of para-hydroxylation sites is 1. The van der Waals surface area contributed by atoms with Crippen molar-refractivity contribution in [1.29, 1.82) is 0 Å². The van der Waals surface area contributed by atoms with Gasteiger partial charge >= 0.3 is 0 Å². The predicted molar refractivity (Wildman–Crippen MR) is 84.3 cm³/mol. The van der Waals surface area contributed by atoms with Crippen LogP contribution in [0.5, 0.6) is 5.75 Å². The molecule has 1 heterocycles. The molecule has 3 rings (SSSR count). The van der Waals surface area contributed by atoms with Crippen LogP contribution >= 0.6 is 12.2 Å². The second-order valence-corrected chi connectivity index (χ2v) is 5.12. The summed E-state index contributed by atoms with van der Waals surface area (Å²) in [7, 11) is 0. The van der Waals surface area contributed by atoms with E-state index >= 15 is 0 Å². The highest BCUT2D eigenvalue weighted by molar-refractivity contribution is 7.71. The zero-order valence-corrected chi connectivity index (χ0v) is 12.6. The number of H-pyrrole nitrogens is 1. The smallest absolute Gasteiger partial charge is 0.182 e. The van der Waals surface area contributed by atoms with E-state index in [9.17, 15) is 4.39 Å². The highest BCUT2D eigenvalue weighted by Gasteiger charge is 2.13. The summed E-state index contributed by atoms with van der Waals surface area (Å²) >= 11 is 5.41. The monoisotopic (exact) mass is 302 g/mol. The minimum atomic E-state index is -0.246. The maximum Gasteiger partial charge on any atom is 0.182 e. The molecule has 2 aromatic carbocycles. The number of nitrogens with one attached hydrogen (secondary N) is 1. The molecule has 3 nitrogen and oxygen atoms in total. The van der Waals surface area contributed by atoms with Gasteiger partial charge in [-0.3, -0.25) is 4.57 Å². The zero-order valence-electron chi connectivity index (χ0n) is 11.8. The van der Waals surface area contributed by atoms with Crippen molar-refractivity contribution in [2.24, 2.45) is 0 Å². The number of fused-ring (bicyclic) bond motifs is 1. The molecule has 0 amide bonds. The van der Waals surface area contributed by atoms with Crippen LogP contribution in [0.3, 0.4) is 0 Å². The lowest BCUT2D eigenvalue weighted by Gasteiger charge is -2.09. The molecule has 1 aromatic heterocycles. The number of aromatic nitrogens is 2. The lowest BCUT2D eigenvalue weighted by molar-refractivity contribution is 0.343. The Hall–Kier alpha value is -2.14. The van der Waals surface area contributed by atoms with Crippen molar-refractivity contribution in [3.63, 3.8) is 0 Å². The van der Waals surface area contributed by atoms with Crippen LogP contribution in [0.2, 0.25) is 0 Å². The van der Waals surface area contributed by atoms with Crippen molar-refractivity contribution in [2.75, 3.05) is 6.61 Å². The summed E-state index contributed by atoms with van der Waals surface area (Å²) in [6.07, 6.45) is 0. The van der Waals surface area contributed by atoms with Crippen LogP contribution in [0.15, 0.2) is 36.4 Å². The number of halogens is 1. The molecule has 1 N–H and O–H groups in total. The summed E-state index contributed by atoms with van der Waals surface area (Å²) in [5.74, 6) is 0.499. The number of imidazole rings is 1. The van der Waals surface area contributed by atoms with Gasteiger partial charge in [0.25, 0.3) is 0 Å². The minimum Gasteiger partial charge on any atom is -0.492 e. The fraction of sp³-hybridized carbons (Fsp3) is 0.188. The lowest BCUT2D eigenvalue weighted by Crippen LogP contribution is -1.99. The molecule has 0 spiro atoms. The van der Waals surface area contributed by atoms with Gasteiger partial charge in [-0.05, 0) is 50.3 Å². The Morgan fingerprint density at radius 2 is 2.00 bits per heavy atom. The number of hydrogen-bond acceptors (Lipinski definition) is 2. The second-order valence-electron chi connectivity index (χ2n) is 4.73. The van der Waals surface area contributed by atoms with Crippen molar-refractivity contribution < 1.29 is 9.13 Å². The van der Waals surface area contributed by atoms with E-state index in [1.54, 1.807) is 13.0 Å². The van der Waals surface area contributed by atoms with Gasteiger partial charge in [0, 0.05) is 5.56 Å². The number of rotatable bonds is 3. The number of ether oxygens (including phenoxy) is 1. The van der Waals surface area contributed by atoms with E-state index in [4.69, 9.17) is 17.0 Å². The third kappa shape index (κ3) is 2.23. The number of nitrogens with zero attached hydrogens (tertiary/aromatic N) is 1. The van der Waals surface area contributed by atoms with Gasteiger partial charge < -0.3 is 9.72 Å². The number of benzene rings is 2. The summed E-state index contributed by atoms with van der Waals surface area (Å²) in [5.41, 5.74) is 3.00.